The highest BCUT2D eigenvalue weighted by Crippen LogP contribution is 2.56. The SMILES string of the molecule is CO[Si](OC)(OC)C1CCCCC1SSSSC1CCCCC1[Si](OC)(OC)OC. The molecule has 30 heavy (non-hydrogen) atoms. The molecule has 0 spiro atoms. The monoisotopic (exact) mass is 534 g/mol. The molecule has 2 rings (SSSR count). The molecule has 6 nitrogen and oxygen atoms in total. The number of rotatable bonds is 13. The normalized spacial score (nSPS) is 28.6. The zero-order valence-electron chi connectivity index (χ0n) is 19.0. The van der Waals surface area contributed by atoms with Crippen LogP contribution in [0.15, 0.2) is 0 Å². The molecule has 0 saturated heterocycles. The highest BCUT2D eigenvalue weighted by atomic mass is 33.7. The minimum Gasteiger partial charge on any atom is -0.377 e. The summed E-state index contributed by atoms with van der Waals surface area (Å²) in [6.45, 7) is 0. The van der Waals surface area contributed by atoms with Crippen molar-refractivity contribution in [2.24, 2.45) is 0 Å². The molecule has 0 N–H and O–H groups in total. The van der Waals surface area contributed by atoms with Gasteiger partial charge in [0.15, 0.2) is 0 Å². The first-order valence-corrected chi connectivity index (χ1v) is 19.1. The van der Waals surface area contributed by atoms with Crippen LogP contribution in [0, 0.1) is 0 Å². The van der Waals surface area contributed by atoms with E-state index >= 15 is 0 Å². The molecule has 12 heteroatoms. The Balaban J connectivity index is 1.91. The summed E-state index contributed by atoms with van der Waals surface area (Å²) < 4.78 is 34.9. The maximum absolute atomic E-state index is 5.82. The van der Waals surface area contributed by atoms with Crippen molar-refractivity contribution in [1.82, 2.24) is 0 Å². The maximum Gasteiger partial charge on any atom is 0.504 e. The van der Waals surface area contributed by atoms with Gasteiger partial charge in [-0.1, -0.05) is 47.3 Å². The summed E-state index contributed by atoms with van der Waals surface area (Å²) in [5, 5.41) is 0.992. The van der Waals surface area contributed by atoms with Gasteiger partial charge in [-0.2, -0.15) is 0 Å². The van der Waals surface area contributed by atoms with Crippen LogP contribution in [-0.4, -0.2) is 70.8 Å². The maximum atomic E-state index is 5.82. The average molecular weight is 535 g/mol. The van der Waals surface area contributed by atoms with Gasteiger partial charge in [0.1, 0.15) is 0 Å². The quantitative estimate of drug-likeness (QED) is 0.159. The van der Waals surface area contributed by atoms with Crippen LogP contribution in [0.4, 0.5) is 0 Å². The Labute approximate surface area is 200 Å². The van der Waals surface area contributed by atoms with E-state index in [1.54, 1.807) is 42.7 Å². The lowest BCUT2D eigenvalue weighted by molar-refractivity contribution is 0.105. The first kappa shape index (κ1) is 27.8. The second-order valence-corrected chi connectivity index (χ2v) is 20.3. The highest BCUT2D eigenvalue weighted by Gasteiger charge is 2.53. The standard InChI is InChI=1S/C18H38O6S4Si2/c1-19-29(20-2,21-3)17-13-9-7-11-15(17)25-27-28-26-16-12-8-10-14-18(16)30(22-4,23-5)24-6/h15-18H,7-14H2,1-6H3. The van der Waals surface area contributed by atoms with Crippen molar-refractivity contribution >= 4 is 58.8 Å². The van der Waals surface area contributed by atoms with Gasteiger partial charge in [0.05, 0.1) is 0 Å². The third-order valence-corrected chi connectivity index (χ3v) is 20.8. The second kappa shape index (κ2) is 14.1. The molecule has 2 aliphatic rings. The van der Waals surface area contributed by atoms with Gasteiger partial charge in [0.2, 0.25) is 0 Å². The Morgan fingerprint density at radius 2 is 0.800 bits per heavy atom. The molecule has 2 fully saturated rings. The molecule has 0 aliphatic heterocycles. The molecule has 0 amide bonds. The molecular formula is C18H38O6S4Si2. The fourth-order valence-corrected chi connectivity index (χ4v) is 19.6. The molecule has 2 aliphatic carbocycles. The van der Waals surface area contributed by atoms with Crippen LogP contribution in [0.1, 0.15) is 51.4 Å². The van der Waals surface area contributed by atoms with Crippen molar-refractivity contribution in [1.29, 1.82) is 0 Å². The van der Waals surface area contributed by atoms with Crippen molar-refractivity contribution in [3.63, 3.8) is 0 Å². The van der Waals surface area contributed by atoms with Crippen molar-refractivity contribution in [3.05, 3.63) is 0 Å². The molecule has 4 atom stereocenters. The fourth-order valence-electron chi connectivity index (χ4n) is 4.77. The molecule has 178 valence electrons. The van der Waals surface area contributed by atoms with Crippen LogP contribution in [0.25, 0.3) is 0 Å². The zero-order chi connectivity index (χ0) is 22.0. The van der Waals surface area contributed by atoms with Gasteiger partial charge in [-0.3, -0.25) is 0 Å². The topological polar surface area (TPSA) is 55.4 Å². The molecule has 0 aromatic heterocycles. The van der Waals surface area contributed by atoms with Crippen LogP contribution in [0.2, 0.25) is 11.1 Å². The Kier molecular flexibility index (Phi) is 13.1. The molecule has 4 unspecified atom stereocenters. The van der Waals surface area contributed by atoms with Gasteiger partial charge >= 0.3 is 17.6 Å². The Bertz CT molecular complexity index is 429. The summed E-state index contributed by atoms with van der Waals surface area (Å²) in [5.74, 6) is 0. The van der Waals surface area contributed by atoms with Crippen molar-refractivity contribution in [3.8, 4) is 0 Å². The summed E-state index contributed by atoms with van der Waals surface area (Å²) in [7, 11) is 12.8. The van der Waals surface area contributed by atoms with Gasteiger partial charge in [-0.05, 0) is 45.3 Å². The van der Waals surface area contributed by atoms with E-state index in [1.165, 1.54) is 38.5 Å². The predicted molar refractivity (Wildman–Crippen MR) is 136 cm³/mol. The molecular weight excluding hydrogens is 497 g/mol. The lowest BCUT2D eigenvalue weighted by atomic mass is 9.99. The smallest absolute Gasteiger partial charge is 0.377 e. The summed E-state index contributed by atoms with van der Waals surface area (Å²) >= 11 is 0. The zero-order valence-corrected chi connectivity index (χ0v) is 24.3. The molecule has 0 heterocycles. The molecule has 0 aromatic rings. The lowest BCUT2D eigenvalue weighted by Gasteiger charge is -2.40. The van der Waals surface area contributed by atoms with E-state index < -0.39 is 17.6 Å². The van der Waals surface area contributed by atoms with Gasteiger partial charge < -0.3 is 26.6 Å². The number of hydrogen-bond donors (Lipinski definition) is 0. The lowest BCUT2D eigenvalue weighted by Crippen LogP contribution is -2.51. The molecule has 0 aromatic carbocycles. The van der Waals surface area contributed by atoms with Crippen LogP contribution in [-0.2, 0) is 26.6 Å². The molecule has 2 saturated carbocycles. The largest absolute Gasteiger partial charge is 0.504 e. The number of hydrogen-bond acceptors (Lipinski definition) is 10. The van der Waals surface area contributed by atoms with E-state index in [1.807, 2.05) is 41.2 Å². The van der Waals surface area contributed by atoms with E-state index in [4.69, 9.17) is 26.6 Å². The van der Waals surface area contributed by atoms with Gasteiger partial charge in [-0.15, -0.1) is 0 Å². The van der Waals surface area contributed by atoms with Crippen LogP contribution < -0.4 is 0 Å². The second-order valence-electron chi connectivity index (χ2n) is 7.62. The van der Waals surface area contributed by atoms with Gasteiger partial charge in [0, 0.05) is 64.2 Å². The first-order chi connectivity index (χ1) is 14.6. The van der Waals surface area contributed by atoms with E-state index in [0.29, 0.717) is 21.6 Å². The van der Waals surface area contributed by atoms with E-state index in [0.717, 1.165) is 12.8 Å². The third-order valence-electron chi connectivity index (χ3n) is 6.37. The van der Waals surface area contributed by atoms with E-state index in [-0.39, 0.29) is 0 Å². The first-order valence-electron chi connectivity index (χ1n) is 10.5. The van der Waals surface area contributed by atoms with Gasteiger partial charge in [-0.25, -0.2) is 0 Å². The minimum absolute atomic E-state index is 0.354. The Morgan fingerprint density at radius 3 is 1.10 bits per heavy atom. The van der Waals surface area contributed by atoms with Crippen LogP contribution in [0.3, 0.4) is 0 Å². The van der Waals surface area contributed by atoms with E-state index in [2.05, 4.69) is 0 Å². The minimum atomic E-state index is -2.62. The predicted octanol–water partition coefficient (Wildman–Crippen LogP) is 6.05. The summed E-state index contributed by atoms with van der Waals surface area (Å²) in [4.78, 5) is 0. The summed E-state index contributed by atoms with van der Waals surface area (Å²) in [6, 6.07) is 0. The highest BCUT2D eigenvalue weighted by molar-refractivity contribution is 9.26. The van der Waals surface area contributed by atoms with Gasteiger partial charge in [0.25, 0.3) is 0 Å². The Morgan fingerprint density at radius 1 is 0.500 bits per heavy atom. The average Bonchev–Trinajstić information content (AvgIpc) is 2.81. The molecule has 0 radical (unpaired) electrons. The van der Waals surface area contributed by atoms with Crippen molar-refractivity contribution in [2.45, 2.75) is 72.9 Å². The molecule has 0 bridgehead atoms. The van der Waals surface area contributed by atoms with Crippen LogP contribution >= 0.6 is 41.2 Å². The Hall–Kier alpha value is 1.59. The summed E-state index contributed by atoms with van der Waals surface area (Å²) in [6.07, 6.45) is 9.60. The summed E-state index contributed by atoms with van der Waals surface area (Å²) in [5.41, 5.74) is 0.708. The fraction of sp³-hybridized carbons (Fsp3) is 1.00. The van der Waals surface area contributed by atoms with Crippen molar-refractivity contribution < 1.29 is 26.6 Å². The van der Waals surface area contributed by atoms with Crippen molar-refractivity contribution in [2.75, 3.05) is 42.7 Å². The third kappa shape index (κ3) is 6.59. The van der Waals surface area contributed by atoms with Crippen LogP contribution in [0.5, 0.6) is 0 Å². The van der Waals surface area contributed by atoms with E-state index in [9.17, 15) is 0 Å².